The Kier molecular flexibility index (Phi) is 5.86. The van der Waals surface area contributed by atoms with Crippen molar-refractivity contribution in [3.8, 4) is 5.75 Å². The minimum absolute atomic E-state index is 0.0933. The summed E-state index contributed by atoms with van der Waals surface area (Å²) in [6, 6.07) is 15.8. The highest BCUT2D eigenvalue weighted by Crippen LogP contribution is 2.25. The molecule has 6 heteroatoms. The van der Waals surface area contributed by atoms with E-state index in [1.807, 2.05) is 56.3 Å². The number of aromatic nitrogens is 2. The van der Waals surface area contributed by atoms with Gasteiger partial charge < -0.3 is 9.15 Å². The number of carbonyl (C=O) groups is 1. The maximum absolute atomic E-state index is 12.4. The minimum atomic E-state index is -0.0933. The first-order chi connectivity index (χ1) is 14.5. The lowest BCUT2D eigenvalue weighted by atomic mass is 10.1. The number of halogens is 1. The van der Waals surface area contributed by atoms with Crippen LogP contribution >= 0.6 is 15.9 Å². The molecule has 2 heterocycles. The number of nitrogens with zero attached hydrogens (tertiary/aromatic N) is 2. The van der Waals surface area contributed by atoms with Crippen LogP contribution in [0.15, 0.2) is 69.7 Å². The van der Waals surface area contributed by atoms with Crippen molar-refractivity contribution in [1.29, 1.82) is 0 Å². The molecule has 0 spiro atoms. The molecule has 0 unspecified atom stereocenters. The van der Waals surface area contributed by atoms with Gasteiger partial charge in [0.2, 0.25) is 0 Å². The molecule has 0 saturated heterocycles. The van der Waals surface area contributed by atoms with E-state index in [1.165, 1.54) is 6.08 Å². The zero-order valence-corrected chi connectivity index (χ0v) is 18.3. The van der Waals surface area contributed by atoms with E-state index in [1.54, 1.807) is 17.0 Å². The summed E-state index contributed by atoms with van der Waals surface area (Å²) >= 11 is 3.48. The van der Waals surface area contributed by atoms with Crippen molar-refractivity contribution in [3.05, 3.63) is 88.1 Å². The predicted octanol–water partition coefficient (Wildman–Crippen LogP) is 6.20. The summed E-state index contributed by atoms with van der Waals surface area (Å²) in [5.41, 5.74) is 1.33. The van der Waals surface area contributed by atoms with Crippen molar-refractivity contribution in [2.24, 2.45) is 0 Å². The second-order valence-electron chi connectivity index (χ2n) is 6.93. The van der Waals surface area contributed by atoms with Crippen LogP contribution in [0.2, 0.25) is 0 Å². The highest BCUT2D eigenvalue weighted by molar-refractivity contribution is 9.10. The molecular weight excluding hydrogens is 444 g/mol. The number of hydrogen-bond acceptors (Lipinski definition) is 4. The Morgan fingerprint density at radius 3 is 2.77 bits per heavy atom. The zero-order chi connectivity index (χ0) is 21.1. The monoisotopic (exact) mass is 464 g/mol. The van der Waals surface area contributed by atoms with E-state index in [-0.39, 0.29) is 5.78 Å². The van der Waals surface area contributed by atoms with Crippen LogP contribution < -0.4 is 4.74 Å². The van der Waals surface area contributed by atoms with Gasteiger partial charge in [0.15, 0.2) is 5.78 Å². The highest BCUT2D eigenvalue weighted by Gasteiger charge is 2.10. The Balaban J connectivity index is 1.39. The molecule has 4 aromatic rings. The zero-order valence-electron chi connectivity index (χ0n) is 16.8. The van der Waals surface area contributed by atoms with E-state index in [9.17, 15) is 4.79 Å². The normalized spacial score (nSPS) is 11.4. The lowest BCUT2D eigenvalue weighted by molar-refractivity contribution is 0.104. The maximum Gasteiger partial charge on any atom is 0.189 e. The summed E-state index contributed by atoms with van der Waals surface area (Å²) in [7, 11) is 0. The van der Waals surface area contributed by atoms with Gasteiger partial charge in [-0.25, -0.2) is 0 Å². The number of hydrogen-bond donors (Lipinski definition) is 0. The Bertz CT molecular complexity index is 1240. The van der Waals surface area contributed by atoms with Crippen molar-refractivity contribution in [2.75, 3.05) is 0 Å². The van der Waals surface area contributed by atoms with Crippen LogP contribution in [-0.4, -0.2) is 15.6 Å². The van der Waals surface area contributed by atoms with Gasteiger partial charge in [0.05, 0.1) is 11.3 Å². The van der Waals surface area contributed by atoms with E-state index in [0.717, 1.165) is 33.2 Å². The van der Waals surface area contributed by atoms with Gasteiger partial charge >= 0.3 is 0 Å². The number of allylic oxidation sites excluding steroid dienone is 1. The molecule has 0 radical (unpaired) electrons. The summed E-state index contributed by atoms with van der Waals surface area (Å²) in [6.07, 6.45) is 4.95. The number of furan rings is 1. The SMILES string of the molecule is CCn1cc(C(=O)/C=C/c2ccc(COc3ccc4cc(Br)ccc4c3)o2)c(C)n1. The second kappa shape index (κ2) is 8.71. The molecule has 5 nitrogen and oxygen atoms in total. The van der Waals surface area contributed by atoms with Crippen LogP contribution in [0.25, 0.3) is 16.8 Å². The Hall–Kier alpha value is -3.12. The van der Waals surface area contributed by atoms with Crippen molar-refractivity contribution in [1.82, 2.24) is 9.78 Å². The number of benzene rings is 2. The lowest BCUT2D eigenvalue weighted by Gasteiger charge is -2.06. The fraction of sp³-hybridized carbons (Fsp3) is 0.167. The fourth-order valence-corrected chi connectivity index (χ4v) is 3.55. The van der Waals surface area contributed by atoms with Crippen LogP contribution in [0.1, 0.15) is 34.5 Å². The van der Waals surface area contributed by atoms with Gasteiger partial charge in [-0.3, -0.25) is 9.48 Å². The molecule has 4 rings (SSSR count). The third-order valence-electron chi connectivity index (χ3n) is 4.77. The molecule has 0 N–H and O–H groups in total. The molecule has 2 aromatic carbocycles. The van der Waals surface area contributed by atoms with Crippen LogP contribution in [0.4, 0.5) is 0 Å². The fourth-order valence-electron chi connectivity index (χ4n) is 3.17. The molecule has 0 aliphatic heterocycles. The van der Waals surface area contributed by atoms with Gasteiger partial charge in [0.25, 0.3) is 0 Å². The number of rotatable bonds is 7. The Morgan fingerprint density at radius 2 is 1.97 bits per heavy atom. The molecule has 0 amide bonds. The summed E-state index contributed by atoms with van der Waals surface area (Å²) in [4.78, 5) is 12.4. The molecule has 30 heavy (non-hydrogen) atoms. The van der Waals surface area contributed by atoms with E-state index in [0.29, 0.717) is 23.7 Å². The molecule has 0 atom stereocenters. The summed E-state index contributed by atoms with van der Waals surface area (Å²) in [5.74, 6) is 1.97. The summed E-state index contributed by atoms with van der Waals surface area (Å²) in [5, 5.41) is 6.56. The molecule has 0 bridgehead atoms. The highest BCUT2D eigenvalue weighted by atomic mass is 79.9. The average molecular weight is 465 g/mol. The molecule has 0 fully saturated rings. The third kappa shape index (κ3) is 4.54. The van der Waals surface area contributed by atoms with E-state index in [2.05, 4.69) is 27.1 Å². The maximum atomic E-state index is 12.4. The first-order valence-electron chi connectivity index (χ1n) is 9.69. The smallest absolute Gasteiger partial charge is 0.189 e. The van der Waals surface area contributed by atoms with Crippen molar-refractivity contribution < 1.29 is 13.9 Å². The lowest BCUT2D eigenvalue weighted by Crippen LogP contribution is -1.95. The van der Waals surface area contributed by atoms with Gasteiger partial charge in [0.1, 0.15) is 23.9 Å². The van der Waals surface area contributed by atoms with Gasteiger partial charge in [0, 0.05) is 17.2 Å². The van der Waals surface area contributed by atoms with Gasteiger partial charge in [-0.05, 0) is 73.2 Å². The van der Waals surface area contributed by atoms with Crippen molar-refractivity contribution in [2.45, 2.75) is 27.0 Å². The topological polar surface area (TPSA) is 57.3 Å². The minimum Gasteiger partial charge on any atom is -0.486 e. The van der Waals surface area contributed by atoms with Gasteiger partial charge in [-0.2, -0.15) is 5.10 Å². The Labute approximate surface area is 183 Å². The van der Waals surface area contributed by atoms with Crippen LogP contribution in [0, 0.1) is 6.92 Å². The third-order valence-corrected chi connectivity index (χ3v) is 5.27. The van der Waals surface area contributed by atoms with Gasteiger partial charge in [-0.1, -0.05) is 28.1 Å². The largest absolute Gasteiger partial charge is 0.486 e. The van der Waals surface area contributed by atoms with E-state index in [4.69, 9.17) is 9.15 Å². The quantitative estimate of drug-likeness (QED) is 0.241. The van der Waals surface area contributed by atoms with E-state index >= 15 is 0 Å². The first-order valence-corrected chi connectivity index (χ1v) is 10.5. The molecule has 0 aliphatic carbocycles. The molecule has 152 valence electrons. The van der Waals surface area contributed by atoms with Crippen molar-refractivity contribution in [3.63, 3.8) is 0 Å². The second-order valence-corrected chi connectivity index (χ2v) is 7.84. The molecule has 2 aromatic heterocycles. The molecule has 0 aliphatic rings. The summed E-state index contributed by atoms with van der Waals surface area (Å²) in [6.45, 7) is 4.86. The number of fused-ring (bicyclic) bond motifs is 1. The van der Waals surface area contributed by atoms with Crippen LogP contribution in [0.3, 0.4) is 0 Å². The molecule has 0 saturated carbocycles. The Morgan fingerprint density at radius 1 is 1.17 bits per heavy atom. The van der Waals surface area contributed by atoms with Gasteiger partial charge in [-0.15, -0.1) is 0 Å². The number of aryl methyl sites for hydroxylation is 2. The van der Waals surface area contributed by atoms with Crippen LogP contribution in [0.5, 0.6) is 5.75 Å². The average Bonchev–Trinajstić information content (AvgIpc) is 3.36. The standard InChI is InChI=1S/C24H21BrN2O3/c1-3-27-14-23(16(2)26-27)24(28)11-10-20-8-9-22(30-20)15-29-21-7-5-17-12-19(25)6-4-18(17)13-21/h4-14H,3,15H2,1-2H3/b11-10+. The number of ether oxygens (including phenoxy) is 1. The first kappa shape index (κ1) is 20.2. The summed E-state index contributed by atoms with van der Waals surface area (Å²) < 4.78 is 14.4. The number of ketones is 1. The predicted molar refractivity (Wildman–Crippen MR) is 121 cm³/mol. The van der Waals surface area contributed by atoms with Crippen LogP contribution in [-0.2, 0) is 13.2 Å². The molecular formula is C24H21BrN2O3. The van der Waals surface area contributed by atoms with Crippen molar-refractivity contribution >= 4 is 38.6 Å². The number of carbonyl (C=O) groups excluding carboxylic acids is 1. The van der Waals surface area contributed by atoms with E-state index < -0.39 is 0 Å².